The molecular formula is C25H21F4N3O4S. The van der Waals surface area contributed by atoms with Crippen molar-refractivity contribution in [3.8, 4) is 6.07 Å². The molecule has 0 aromatic heterocycles. The standard InChI is InChI=1S/C25H21F4N3O4S/c1-3-35-13-24(2)22(34)31(15-5-4-14(12-30)19(10-15)25(27,28)29)23(37)32(24)16-6-9-18(20(26)11-16)21(33)36-17-7-8-17/h4-6,9-11,17H,3,7-8,13H2,1-2H3/t24-/m1/s1. The Morgan fingerprint density at radius 3 is 2.46 bits per heavy atom. The Bertz CT molecular complexity index is 1320. The number of carbonyl (C=O) groups is 2. The Labute approximate surface area is 215 Å². The normalized spacial score (nSPS) is 19.8. The van der Waals surface area contributed by atoms with Gasteiger partial charge in [-0.15, -0.1) is 0 Å². The highest BCUT2D eigenvalue weighted by molar-refractivity contribution is 7.81. The first-order valence-electron chi connectivity index (χ1n) is 11.3. The van der Waals surface area contributed by atoms with Crippen LogP contribution in [-0.2, 0) is 20.4 Å². The summed E-state index contributed by atoms with van der Waals surface area (Å²) in [7, 11) is 0. The fourth-order valence-corrected chi connectivity index (χ4v) is 4.49. The highest BCUT2D eigenvalue weighted by Gasteiger charge is 2.54. The summed E-state index contributed by atoms with van der Waals surface area (Å²) in [5.41, 5.74) is -3.81. The molecule has 1 aliphatic carbocycles. The Hall–Kier alpha value is -3.56. The molecule has 2 aliphatic rings. The van der Waals surface area contributed by atoms with Gasteiger partial charge >= 0.3 is 12.1 Å². The van der Waals surface area contributed by atoms with Crippen LogP contribution in [0.25, 0.3) is 0 Å². The van der Waals surface area contributed by atoms with E-state index in [1.807, 2.05) is 0 Å². The molecule has 0 spiro atoms. The molecule has 194 valence electrons. The third kappa shape index (κ3) is 4.89. The maximum Gasteiger partial charge on any atom is 0.417 e. The van der Waals surface area contributed by atoms with E-state index in [0.29, 0.717) is 18.9 Å². The zero-order valence-electron chi connectivity index (χ0n) is 19.8. The first-order chi connectivity index (χ1) is 17.4. The number of esters is 1. The molecule has 7 nitrogen and oxygen atoms in total. The van der Waals surface area contributed by atoms with E-state index in [2.05, 4.69) is 0 Å². The van der Waals surface area contributed by atoms with Crippen molar-refractivity contribution in [1.29, 1.82) is 5.26 Å². The molecule has 0 bridgehead atoms. The third-order valence-electron chi connectivity index (χ3n) is 6.04. The lowest BCUT2D eigenvalue weighted by atomic mass is 10.00. The van der Waals surface area contributed by atoms with E-state index in [9.17, 15) is 27.2 Å². The van der Waals surface area contributed by atoms with Crippen molar-refractivity contribution in [3.63, 3.8) is 0 Å². The van der Waals surface area contributed by atoms with E-state index in [4.69, 9.17) is 27.0 Å². The molecule has 1 amide bonds. The number of rotatable bonds is 7. The molecule has 12 heteroatoms. The minimum Gasteiger partial charge on any atom is -0.459 e. The van der Waals surface area contributed by atoms with Gasteiger partial charge in [0.15, 0.2) is 5.11 Å². The predicted octanol–water partition coefficient (Wildman–Crippen LogP) is 4.97. The van der Waals surface area contributed by atoms with Crippen molar-refractivity contribution in [2.75, 3.05) is 23.0 Å². The number of carbonyl (C=O) groups excluding carboxylic acids is 2. The summed E-state index contributed by atoms with van der Waals surface area (Å²) in [4.78, 5) is 28.1. The van der Waals surface area contributed by atoms with Crippen LogP contribution in [0.15, 0.2) is 36.4 Å². The topological polar surface area (TPSA) is 82.9 Å². The molecule has 1 atom stereocenters. The highest BCUT2D eigenvalue weighted by atomic mass is 32.1. The van der Waals surface area contributed by atoms with E-state index in [1.54, 1.807) is 6.92 Å². The van der Waals surface area contributed by atoms with Gasteiger partial charge in [0.25, 0.3) is 5.91 Å². The van der Waals surface area contributed by atoms with Crippen molar-refractivity contribution >= 4 is 40.6 Å². The molecular weight excluding hydrogens is 514 g/mol. The first-order valence-corrected chi connectivity index (χ1v) is 11.7. The van der Waals surface area contributed by atoms with Gasteiger partial charge in [-0.3, -0.25) is 9.69 Å². The Kier molecular flexibility index (Phi) is 6.96. The molecule has 1 saturated heterocycles. The van der Waals surface area contributed by atoms with Crippen molar-refractivity contribution < 1.29 is 36.6 Å². The quantitative estimate of drug-likeness (QED) is 0.281. The third-order valence-corrected chi connectivity index (χ3v) is 6.41. The molecule has 4 rings (SSSR count). The Morgan fingerprint density at radius 1 is 1.22 bits per heavy atom. The number of hydrogen-bond donors (Lipinski definition) is 0. The summed E-state index contributed by atoms with van der Waals surface area (Å²) in [6, 6.07) is 7.89. The second kappa shape index (κ2) is 9.72. The Balaban J connectivity index is 1.77. The van der Waals surface area contributed by atoms with Gasteiger partial charge in [0.2, 0.25) is 0 Å². The SMILES string of the molecule is CCOC[C@]1(C)C(=O)N(c2ccc(C#N)c(C(F)(F)F)c2)C(=S)N1c1ccc(C(=O)OC2CC2)c(F)c1. The molecule has 37 heavy (non-hydrogen) atoms. The number of halogens is 4. The summed E-state index contributed by atoms with van der Waals surface area (Å²) in [5, 5.41) is 8.88. The van der Waals surface area contributed by atoms with Gasteiger partial charge in [-0.2, -0.15) is 18.4 Å². The number of ether oxygens (including phenoxy) is 2. The largest absolute Gasteiger partial charge is 0.459 e. The van der Waals surface area contributed by atoms with E-state index in [-0.39, 0.29) is 41.4 Å². The Morgan fingerprint density at radius 2 is 1.89 bits per heavy atom. The van der Waals surface area contributed by atoms with Crippen LogP contribution in [0, 0.1) is 17.1 Å². The molecule has 0 unspecified atom stereocenters. The van der Waals surface area contributed by atoms with Crippen molar-refractivity contribution in [3.05, 3.63) is 58.9 Å². The minimum absolute atomic E-state index is 0.0909. The van der Waals surface area contributed by atoms with Gasteiger partial charge in [-0.1, -0.05) is 0 Å². The van der Waals surface area contributed by atoms with Gasteiger partial charge in [0, 0.05) is 12.3 Å². The van der Waals surface area contributed by atoms with Crippen LogP contribution in [0.3, 0.4) is 0 Å². The van der Waals surface area contributed by atoms with E-state index >= 15 is 0 Å². The second-order valence-electron chi connectivity index (χ2n) is 8.78. The van der Waals surface area contributed by atoms with Crippen LogP contribution >= 0.6 is 12.2 Å². The maximum absolute atomic E-state index is 15.0. The van der Waals surface area contributed by atoms with Crippen LogP contribution in [0.2, 0.25) is 0 Å². The van der Waals surface area contributed by atoms with Gasteiger partial charge in [-0.05, 0) is 75.3 Å². The molecule has 1 saturated carbocycles. The van der Waals surface area contributed by atoms with Crippen molar-refractivity contribution in [2.45, 2.75) is 44.5 Å². The monoisotopic (exact) mass is 535 g/mol. The van der Waals surface area contributed by atoms with Crippen LogP contribution < -0.4 is 9.80 Å². The van der Waals surface area contributed by atoms with Crippen LogP contribution in [0.4, 0.5) is 28.9 Å². The first kappa shape index (κ1) is 26.5. The number of amides is 1. The van der Waals surface area contributed by atoms with E-state index in [0.717, 1.165) is 17.0 Å². The number of anilines is 2. The molecule has 0 N–H and O–H groups in total. The van der Waals surface area contributed by atoms with Gasteiger partial charge < -0.3 is 14.4 Å². The van der Waals surface area contributed by atoms with Gasteiger partial charge in [0.05, 0.1) is 35.1 Å². The van der Waals surface area contributed by atoms with Crippen LogP contribution in [0.5, 0.6) is 0 Å². The number of hydrogen-bond acceptors (Lipinski definition) is 6. The lowest BCUT2D eigenvalue weighted by Gasteiger charge is -2.32. The minimum atomic E-state index is -4.85. The molecule has 2 fully saturated rings. The molecule has 0 radical (unpaired) electrons. The summed E-state index contributed by atoms with van der Waals surface area (Å²) in [6.45, 7) is 3.17. The fourth-order valence-electron chi connectivity index (χ4n) is 4.00. The number of nitriles is 1. The highest BCUT2D eigenvalue weighted by Crippen LogP contribution is 2.40. The zero-order valence-corrected chi connectivity index (χ0v) is 20.6. The second-order valence-corrected chi connectivity index (χ2v) is 9.14. The summed E-state index contributed by atoms with van der Waals surface area (Å²) >= 11 is 5.51. The lowest BCUT2D eigenvalue weighted by Crippen LogP contribution is -2.51. The summed E-state index contributed by atoms with van der Waals surface area (Å²) < 4.78 is 66.4. The predicted molar refractivity (Wildman–Crippen MR) is 128 cm³/mol. The number of alkyl halides is 3. The fraction of sp³-hybridized carbons (Fsp3) is 0.360. The number of thiocarbonyl (C=S) groups is 1. The van der Waals surface area contributed by atoms with Crippen molar-refractivity contribution in [2.24, 2.45) is 0 Å². The smallest absolute Gasteiger partial charge is 0.417 e. The molecule has 2 aromatic rings. The summed E-state index contributed by atoms with van der Waals surface area (Å²) in [6.07, 6.45) is -3.65. The number of benzene rings is 2. The van der Waals surface area contributed by atoms with E-state index in [1.165, 1.54) is 36.1 Å². The molecule has 1 heterocycles. The van der Waals surface area contributed by atoms with Crippen LogP contribution in [0.1, 0.15) is 48.2 Å². The molecule has 1 aliphatic heterocycles. The van der Waals surface area contributed by atoms with Gasteiger partial charge in [0.1, 0.15) is 17.5 Å². The average Bonchev–Trinajstić information content (AvgIpc) is 3.63. The lowest BCUT2D eigenvalue weighted by molar-refractivity contribution is -0.137. The van der Waals surface area contributed by atoms with E-state index < -0.39 is 40.5 Å². The average molecular weight is 536 g/mol. The summed E-state index contributed by atoms with van der Waals surface area (Å²) in [5.74, 6) is -2.43. The van der Waals surface area contributed by atoms with Crippen LogP contribution in [-0.4, -0.2) is 41.8 Å². The van der Waals surface area contributed by atoms with Crippen molar-refractivity contribution in [1.82, 2.24) is 0 Å². The molecule has 2 aromatic carbocycles. The number of nitrogens with zero attached hydrogens (tertiary/aromatic N) is 3. The zero-order chi connectivity index (χ0) is 27.1. The maximum atomic E-state index is 15.0. The van der Waals surface area contributed by atoms with Gasteiger partial charge in [-0.25, -0.2) is 9.18 Å².